The third kappa shape index (κ3) is 4.94. The number of nitrogens with zero attached hydrogens (tertiary/aromatic N) is 1. The summed E-state index contributed by atoms with van der Waals surface area (Å²) in [7, 11) is 0. The van der Waals surface area contributed by atoms with E-state index in [1.54, 1.807) is 0 Å². The summed E-state index contributed by atoms with van der Waals surface area (Å²) in [5.74, 6) is 0. The second-order valence-electron chi connectivity index (χ2n) is 5.88. The fourth-order valence-electron chi connectivity index (χ4n) is 2.76. The maximum Gasteiger partial charge on any atom is 0.0757 e. The van der Waals surface area contributed by atoms with Gasteiger partial charge in [-0.2, -0.15) is 0 Å². The number of nitrogens with one attached hydrogen (secondary N) is 1. The molecule has 17 heavy (non-hydrogen) atoms. The lowest BCUT2D eigenvalue weighted by atomic mass is 10.0. The van der Waals surface area contributed by atoms with Crippen LogP contribution in [-0.2, 0) is 4.74 Å². The number of hydrogen-bond donors (Lipinski definition) is 1. The van der Waals surface area contributed by atoms with Gasteiger partial charge in [0.25, 0.3) is 0 Å². The van der Waals surface area contributed by atoms with Crippen molar-refractivity contribution in [3.05, 3.63) is 0 Å². The summed E-state index contributed by atoms with van der Waals surface area (Å²) in [5.41, 5.74) is -0.00412. The lowest BCUT2D eigenvalue weighted by Crippen LogP contribution is -2.56. The van der Waals surface area contributed by atoms with Crippen LogP contribution in [0.2, 0.25) is 0 Å². The van der Waals surface area contributed by atoms with Gasteiger partial charge in [0.05, 0.1) is 11.7 Å². The van der Waals surface area contributed by atoms with Crippen LogP contribution in [0.3, 0.4) is 0 Å². The predicted molar refractivity (Wildman–Crippen MR) is 73.4 cm³/mol. The topological polar surface area (TPSA) is 24.5 Å². The van der Waals surface area contributed by atoms with E-state index in [1.165, 1.54) is 12.8 Å². The first-order chi connectivity index (χ1) is 7.98. The zero-order valence-electron chi connectivity index (χ0n) is 12.3. The normalized spacial score (nSPS) is 27.0. The van der Waals surface area contributed by atoms with E-state index < -0.39 is 0 Å². The molecule has 0 spiro atoms. The summed E-state index contributed by atoms with van der Waals surface area (Å²) in [4.78, 5) is 2.59. The molecule has 1 aliphatic rings. The number of rotatable bonds is 6. The van der Waals surface area contributed by atoms with E-state index >= 15 is 0 Å². The molecule has 0 radical (unpaired) electrons. The zero-order valence-corrected chi connectivity index (χ0v) is 12.3. The molecule has 0 bridgehead atoms. The summed E-state index contributed by atoms with van der Waals surface area (Å²) in [5, 5.41) is 3.54. The molecule has 1 N–H and O–H groups in total. The van der Waals surface area contributed by atoms with E-state index in [4.69, 9.17) is 4.74 Å². The van der Waals surface area contributed by atoms with Crippen LogP contribution in [0, 0.1) is 0 Å². The minimum atomic E-state index is -0.00412. The molecule has 0 aromatic carbocycles. The molecular weight excluding hydrogens is 212 g/mol. The summed E-state index contributed by atoms with van der Waals surface area (Å²) in [6.07, 6.45) is 2.76. The van der Waals surface area contributed by atoms with Gasteiger partial charge in [-0.15, -0.1) is 0 Å². The smallest absolute Gasteiger partial charge is 0.0757 e. The van der Waals surface area contributed by atoms with Gasteiger partial charge in [0.1, 0.15) is 0 Å². The average molecular weight is 242 g/mol. The third-order valence-electron chi connectivity index (χ3n) is 3.39. The van der Waals surface area contributed by atoms with E-state index in [9.17, 15) is 0 Å². The van der Waals surface area contributed by atoms with Gasteiger partial charge in [-0.1, -0.05) is 13.8 Å². The maximum atomic E-state index is 5.96. The SMILES string of the molecule is CCCNCC(CC)N1CC(C)OC(C)(C)C1. The Labute approximate surface area is 107 Å². The molecule has 1 aliphatic heterocycles. The molecule has 1 heterocycles. The quantitative estimate of drug-likeness (QED) is 0.723. The van der Waals surface area contributed by atoms with Crippen LogP contribution in [0.15, 0.2) is 0 Å². The van der Waals surface area contributed by atoms with Gasteiger partial charge in [0.15, 0.2) is 0 Å². The summed E-state index contributed by atoms with van der Waals surface area (Å²) in [6.45, 7) is 15.4. The highest BCUT2D eigenvalue weighted by molar-refractivity contribution is 4.86. The molecule has 3 heteroatoms. The van der Waals surface area contributed by atoms with E-state index in [0.717, 1.165) is 26.2 Å². The van der Waals surface area contributed by atoms with E-state index in [-0.39, 0.29) is 5.60 Å². The van der Waals surface area contributed by atoms with Crippen LogP contribution in [0.4, 0.5) is 0 Å². The highest BCUT2D eigenvalue weighted by Gasteiger charge is 2.33. The Morgan fingerprint density at radius 1 is 1.41 bits per heavy atom. The van der Waals surface area contributed by atoms with Crippen molar-refractivity contribution >= 4 is 0 Å². The van der Waals surface area contributed by atoms with E-state index in [2.05, 4.69) is 44.8 Å². The van der Waals surface area contributed by atoms with Crippen LogP contribution in [-0.4, -0.2) is 48.8 Å². The second kappa shape index (κ2) is 6.72. The number of ether oxygens (including phenoxy) is 1. The summed E-state index contributed by atoms with van der Waals surface area (Å²) in [6, 6.07) is 0.646. The molecule has 1 rings (SSSR count). The molecule has 1 saturated heterocycles. The van der Waals surface area contributed by atoms with Crippen molar-refractivity contribution in [3.8, 4) is 0 Å². The first-order valence-electron chi connectivity index (χ1n) is 7.11. The van der Waals surface area contributed by atoms with Crippen molar-refractivity contribution in [2.45, 2.75) is 65.2 Å². The van der Waals surface area contributed by atoms with Crippen LogP contribution in [0.1, 0.15) is 47.5 Å². The molecule has 2 atom stereocenters. The Kier molecular flexibility index (Phi) is 5.90. The van der Waals surface area contributed by atoms with Gasteiger partial charge in [-0.05, 0) is 40.2 Å². The Morgan fingerprint density at radius 2 is 2.12 bits per heavy atom. The second-order valence-corrected chi connectivity index (χ2v) is 5.88. The van der Waals surface area contributed by atoms with Crippen LogP contribution >= 0.6 is 0 Å². The van der Waals surface area contributed by atoms with Crippen LogP contribution in [0.5, 0.6) is 0 Å². The zero-order chi connectivity index (χ0) is 12.9. The molecular formula is C14H30N2O. The first kappa shape index (κ1) is 14.9. The predicted octanol–water partition coefficient (Wildman–Crippen LogP) is 2.26. The highest BCUT2D eigenvalue weighted by Crippen LogP contribution is 2.23. The molecule has 102 valence electrons. The molecule has 0 saturated carbocycles. The molecule has 0 amide bonds. The van der Waals surface area contributed by atoms with E-state index in [0.29, 0.717) is 12.1 Å². The average Bonchev–Trinajstić information content (AvgIpc) is 2.21. The van der Waals surface area contributed by atoms with E-state index in [1.807, 2.05) is 0 Å². The minimum absolute atomic E-state index is 0.00412. The number of hydrogen-bond acceptors (Lipinski definition) is 3. The van der Waals surface area contributed by atoms with Crippen molar-refractivity contribution in [1.82, 2.24) is 10.2 Å². The Balaban J connectivity index is 2.49. The lowest BCUT2D eigenvalue weighted by Gasteiger charge is -2.45. The monoisotopic (exact) mass is 242 g/mol. The van der Waals surface area contributed by atoms with Gasteiger partial charge in [0.2, 0.25) is 0 Å². The maximum absolute atomic E-state index is 5.96. The molecule has 0 aromatic rings. The fraction of sp³-hybridized carbons (Fsp3) is 1.00. The van der Waals surface area contributed by atoms with Crippen LogP contribution in [0.25, 0.3) is 0 Å². The number of morpholine rings is 1. The molecule has 3 nitrogen and oxygen atoms in total. The highest BCUT2D eigenvalue weighted by atomic mass is 16.5. The largest absolute Gasteiger partial charge is 0.370 e. The summed E-state index contributed by atoms with van der Waals surface area (Å²) < 4.78 is 5.96. The van der Waals surface area contributed by atoms with Crippen molar-refractivity contribution < 1.29 is 4.74 Å². The first-order valence-corrected chi connectivity index (χ1v) is 7.11. The van der Waals surface area contributed by atoms with Crippen molar-refractivity contribution in [2.75, 3.05) is 26.2 Å². The van der Waals surface area contributed by atoms with Crippen molar-refractivity contribution in [1.29, 1.82) is 0 Å². The summed E-state index contributed by atoms with van der Waals surface area (Å²) >= 11 is 0. The Morgan fingerprint density at radius 3 is 2.65 bits per heavy atom. The van der Waals surface area contributed by atoms with Gasteiger partial charge in [-0.25, -0.2) is 0 Å². The van der Waals surface area contributed by atoms with Gasteiger partial charge in [-0.3, -0.25) is 4.90 Å². The Bertz CT molecular complexity index is 218. The van der Waals surface area contributed by atoms with Gasteiger partial charge < -0.3 is 10.1 Å². The van der Waals surface area contributed by atoms with Crippen molar-refractivity contribution in [3.63, 3.8) is 0 Å². The lowest BCUT2D eigenvalue weighted by molar-refractivity contribution is -0.137. The Hall–Kier alpha value is -0.120. The molecule has 0 aliphatic carbocycles. The third-order valence-corrected chi connectivity index (χ3v) is 3.39. The molecule has 1 fully saturated rings. The van der Waals surface area contributed by atoms with Gasteiger partial charge in [0, 0.05) is 25.7 Å². The minimum Gasteiger partial charge on any atom is -0.370 e. The standard InChI is InChI=1S/C14H30N2O/c1-6-8-15-9-13(7-2)16-10-12(3)17-14(4,5)11-16/h12-13,15H,6-11H2,1-5H3. The van der Waals surface area contributed by atoms with Crippen molar-refractivity contribution in [2.24, 2.45) is 0 Å². The fourth-order valence-corrected chi connectivity index (χ4v) is 2.76. The molecule has 2 unspecified atom stereocenters. The van der Waals surface area contributed by atoms with Gasteiger partial charge >= 0.3 is 0 Å². The van der Waals surface area contributed by atoms with Crippen LogP contribution < -0.4 is 5.32 Å². The molecule has 0 aromatic heterocycles.